The number of thiazole rings is 1. The van der Waals surface area contributed by atoms with Gasteiger partial charge in [-0.1, -0.05) is 31.2 Å². The lowest BCUT2D eigenvalue weighted by Crippen LogP contribution is -2.30. The van der Waals surface area contributed by atoms with Gasteiger partial charge in [-0.05, 0) is 31.0 Å². The number of ether oxygens (including phenoxy) is 1. The van der Waals surface area contributed by atoms with Crippen LogP contribution in [-0.2, 0) is 11.2 Å². The van der Waals surface area contributed by atoms with Crippen LogP contribution in [0.2, 0.25) is 0 Å². The van der Waals surface area contributed by atoms with E-state index >= 15 is 0 Å². The number of amides is 1. The van der Waals surface area contributed by atoms with E-state index in [1.165, 1.54) is 41.2 Å². The summed E-state index contributed by atoms with van der Waals surface area (Å²) in [5, 5.41) is 15.8. The van der Waals surface area contributed by atoms with Gasteiger partial charge in [-0.3, -0.25) is 20.2 Å². The number of carbonyl (C=O) groups is 1. The van der Waals surface area contributed by atoms with Crippen LogP contribution >= 0.6 is 11.3 Å². The van der Waals surface area contributed by atoms with Gasteiger partial charge in [0, 0.05) is 23.1 Å². The first-order valence-electron chi connectivity index (χ1n) is 8.73. The minimum atomic E-state index is -0.780. The number of nitrogens with one attached hydrogen (secondary N) is 1. The van der Waals surface area contributed by atoms with E-state index in [-0.39, 0.29) is 11.6 Å². The fourth-order valence-electron chi connectivity index (χ4n) is 2.49. The first-order valence-corrected chi connectivity index (χ1v) is 9.61. The molecule has 0 aliphatic rings. The van der Waals surface area contributed by atoms with Crippen molar-refractivity contribution >= 4 is 28.1 Å². The summed E-state index contributed by atoms with van der Waals surface area (Å²) in [6, 6.07) is 13.7. The summed E-state index contributed by atoms with van der Waals surface area (Å²) in [4.78, 5) is 27.0. The topological polar surface area (TPSA) is 94.4 Å². The number of aromatic nitrogens is 1. The second-order valence-corrected chi connectivity index (χ2v) is 6.95. The molecule has 1 heterocycles. The van der Waals surface area contributed by atoms with Crippen molar-refractivity contribution in [3.8, 4) is 17.0 Å². The van der Waals surface area contributed by atoms with Crippen LogP contribution in [0.15, 0.2) is 53.9 Å². The van der Waals surface area contributed by atoms with Crippen molar-refractivity contribution in [3.63, 3.8) is 0 Å². The van der Waals surface area contributed by atoms with Crippen LogP contribution in [0.1, 0.15) is 19.4 Å². The summed E-state index contributed by atoms with van der Waals surface area (Å²) >= 11 is 1.34. The molecule has 2 aromatic carbocycles. The molecule has 0 bridgehead atoms. The summed E-state index contributed by atoms with van der Waals surface area (Å²) in [6.07, 6.45) is 0.198. The summed E-state index contributed by atoms with van der Waals surface area (Å²) in [5.74, 6) is 0.0321. The van der Waals surface area contributed by atoms with Crippen LogP contribution < -0.4 is 10.1 Å². The van der Waals surface area contributed by atoms with E-state index in [2.05, 4.69) is 29.4 Å². The van der Waals surface area contributed by atoms with E-state index in [0.717, 1.165) is 17.7 Å². The lowest BCUT2D eigenvalue weighted by molar-refractivity contribution is -0.384. The second kappa shape index (κ2) is 8.62. The summed E-state index contributed by atoms with van der Waals surface area (Å²) < 4.78 is 5.54. The average Bonchev–Trinajstić information content (AvgIpc) is 3.17. The Morgan fingerprint density at radius 1 is 1.21 bits per heavy atom. The smallest absolute Gasteiger partial charge is 0.269 e. The highest BCUT2D eigenvalue weighted by Gasteiger charge is 2.17. The largest absolute Gasteiger partial charge is 0.481 e. The van der Waals surface area contributed by atoms with E-state index < -0.39 is 11.0 Å². The predicted molar refractivity (Wildman–Crippen MR) is 109 cm³/mol. The second-order valence-electron chi connectivity index (χ2n) is 6.09. The molecule has 1 amide bonds. The fraction of sp³-hybridized carbons (Fsp3) is 0.200. The highest BCUT2D eigenvalue weighted by molar-refractivity contribution is 7.14. The molecule has 0 saturated heterocycles. The zero-order valence-corrected chi connectivity index (χ0v) is 16.2. The van der Waals surface area contributed by atoms with Crippen LogP contribution in [0.25, 0.3) is 11.3 Å². The van der Waals surface area contributed by atoms with Crippen molar-refractivity contribution < 1.29 is 14.5 Å². The lowest BCUT2D eigenvalue weighted by Gasteiger charge is -2.13. The molecular weight excluding hydrogens is 378 g/mol. The molecule has 3 aromatic rings. The molecular formula is C20H19N3O4S. The van der Waals surface area contributed by atoms with Crippen LogP contribution in [-0.4, -0.2) is 21.9 Å². The maximum absolute atomic E-state index is 12.3. The van der Waals surface area contributed by atoms with Gasteiger partial charge in [0.2, 0.25) is 0 Å². The number of anilines is 1. The molecule has 28 heavy (non-hydrogen) atoms. The molecule has 0 aliphatic heterocycles. The maximum Gasteiger partial charge on any atom is 0.269 e. The molecule has 0 saturated carbocycles. The van der Waals surface area contributed by atoms with Crippen molar-refractivity contribution in [2.45, 2.75) is 26.4 Å². The van der Waals surface area contributed by atoms with Crippen molar-refractivity contribution in [1.82, 2.24) is 4.98 Å². The molecule has 0 aliphatic carbocycles. The van der Waals surface area contributed by atoms with Gasteiger partial charge >= 0.3 is 0 Å². The van der Waals surface area contributed by atoms with Gasteiger partial charge in [0.15, 0.2) is 11.2 Å². The van der Waals surface area contributed by atoms with Crippen molar-refractivity contribution in [3.05, 3.63) is 69.6 Å². The number of benzene rings is 2. The van der Waals surface area contributed by atoms with Crippen LogP contribution in [0.5, 0.6) is 5.75 Å². The molecule has 0 fully saturated rings. The number of non-ortho nitro benzene ring substituents is 1. The molecule has 3 rings (SSSR count). The summed E-state index contributed by atoms with van der Waals surface area (Å²) in [7, 11) is 0. The normalized spacial score (nSPS) is 11.6. The van der Waals surface area contributed by atoms with Gasteiger partial charge in [0.25, 0.3) is 11.6 Å². The standard InChI is InChI=1S/C20H19N3O4S/c1-3-14-4-6-15(7-5-14)18-12-28-20(21-18)22-19(24)13(2)27-17-10-8-16(9-11-17)23(25)26/h4-13H,3H2,1-2H3,(H,21,22,24)/t13-/m0/s1. The molecule has 1 aromatic heterocycles. The highest BCUT2D eigenvalue weighted by atomic mass is 32.1. The number of rotatable bonds is 7. The zero-order valence-electron chi connectivity index (χ0n) is 15.4. The van der Waals surface area contributed by atoms with Gasteiger partial charge in [0.05, 0.1) is 10.6 Å². The van der Waals surface area contributed by atoms with Crippen LogP contribution in [0.3, 0.4) is 0 Å². The van der Waals surface area contributed by atoms with Gasteiger partial charge in [-0.15, -0.1) is 11.3 Å². The van der Waals surface area contributed by atoms with Crippen LogP contribution in [0.4, 0.5) is 10.8 Å². The van der Waals surface area contributed by atoms with Gasteiger partial charge in [0.1, 0.15) is 5.75 Å². The monoisotopic (exact) mass is 397 g/mol. The minimum Gasteiger partial charge on any atom is -0.481 e. The van der Waals surface area contributed by atoms with Crippen molar-refractivity contribution in [1.29, 1.82) is 0 Å². The quantitative estimate of drug-likeness (QED) is 0.461. The van der Waals surface area contributed by atoms with Gasteiger partial charge < -0.3 is 4.74 Å². The molecule has 1 N–H and O–H groups in total. The summed E-state index contributed by atoms with van der Waals surface area (Å²) in [6.45, 7) is 3.71. The Hall–Kier alpha value is -3.26. The van der Waals surface area contributed by atoms with E-state index in [1.807, 2.05) is 17.5 Å². The number of nitro benzene ring substituents is 1. The molecule has 0 radical (unpaired) electrons. The van der Waals surface area contributed by atoms with E-state index in [0.29, 0.717) is 10.9 Å². The molecule has 8 heteroatoms. The third-order valence-corrected chi connectivity index (χ3v) is 4.88. The Labute approximate surface area is 166 Å². The first-order chi connectivity index (χ1) is 13.5. The lowest BCUT2D eigenvalue weighted by atomic mass is 10.1. The number of hydrogen-bond donors (Lipinski definition) is 1. The Balaban J connectivity index is 1.60. The molecule has 144 valence electrons. The predicted octanol–water partition coefficient (Wildman–Crippen LogP) is 4.69. The first kappa shape index (κ1) is 19.5. The molecule has 7 nitrogen and oxygen atoms in total. The number of nitro groups is 1. The number of aryl methyl sites for hydroxylation is 1. The number of nitrogens with zero attached hydrogens (tertiary/aromatic N) is 2. The maximum atomic E-state index is 12.3. The highest BCUT2D eigenvalue weighted by Crippen LogP contribution is 2.26. The Morgan fingerprint density at radius 2 is 1.89 bits per heavy atom. The molecule has 0 spiro atoms. The minimum absolute atomic E-state index is 0.0354. The van der Waals surface area contributed by atoms with Crippen molar-refractivity contribution in [2.24, 2.45) is 0 Å². The van der Waals surface area contributed by atoms with E-state index in [1.54, 1.807) is 6.92 Å². The molecule has 1 atom stereocenters. The Bertz CT molecular complexity index is 968. The zero-order chi connectivity index (χ0) is 20.1. The van der Waals surface area contributed by atoms with Crippen molar-refractivity contribution in [2.75, 3.05) is 5.32 Å². The fourth-order valence-corrected chi connectivity index (χ4v) is 3.21. The van der Waals surface area contributed by atoms with Gasteiger partial charge in [-0.2, -0.15) is 0 Å². The molecule has 0 unspecified atom stereocenters. The average molecular weight is 397 g/mol. The third-order valence-electron chi connectivity index (χ3n) is 4.12. The third kappa shape index (κ3) is 4.72. The van der Waals surface area contributed by atoms with E-state index in [9.17, 15) is 14.9 Å². The number of hydrogen-bond acceptors (Lipinski definition) is 6. The SMILES string of the molecule is CCc1ccc(-c2csc(NC(=O)[C@H](C)Oc3ccc([N+](=O)[O-])cc3)n2)cc1. The van der Waals surface area contributed by atoms with Crippen LogP contribution in [0, 0.1) is 10.1 Å². The van der Waals surface area contributed by atoms with Gasteiger partial charge in [-0.25, -0.2) is 4.98 Å². The summed E-state index contributed by atoms with van der Waals surface area (Å²) in [5.41, 5.74) is 3.01. The Kier molecular flexibility index (Phi) is 6.00. The number of carbonyl (C=O) groups excluding carboxylic acids is 1. The van der Waals surface area contributed by atoms with E-state index in [4.69, 9.17) is 4.74 Å². The Morgan fingerprint density at radius 3 is 2.50 bits per heavy atom.